The van der Waals surface area contributed by atoms with Crippen LogP contribution in [0.5, 0.6) is 0 Å². The molecule has 0 saturated heterocycles. The zero-order valence-electron chi connectivity index (χ0n) is 14.8. The van der Waals surface area contributed by atoms with Crippen LogP contribution >= 0.6 is 11.6 Å². The molecule has 0 radical (unpaired) electrons. The van der Waals surface area contributed by atoms with E-state index in [-0.39, 0.29) is 27.7 Å². The summed E-state index contributed by atoms with van der Waals surface area (Å²) in [6.07, 6.45) is 0. The molecule has 0 fully saturated rings. The lowest BCUT2D eigenvalue weighted by Crippen LogP contribution is -2.23. The van der Waals surface area contributed by atoms with E-state index in [0.29, 0.717) is 5.56 Å². The van der Waals surface area contributed by atoms with Crippen molar-refractivity contribution in [3.05, 3.63) is 94.5 Å². The minimum Gasteiger partial charge on any atom is -0.348 e. The van der Waals surface area contributed by atoms with Gasteiger partial charge in [-0.1, -0.05) is 29.8 Å². The first-order valence-corrected chi connectivity index (χ1v) is 10.2. The molecule has 0 heterocycles. The molecule has 0 aliphatic heterocycles. The molecule has 150 valence electrons. The van der Waals surface area contributed by atoms with Gasteiger partial charge in [0.05, 0.1) is 9.92 Å². The molecule has 29 heavy (non-hydrogen) atoms. The summed E-state index contributed by atoms with van der Waals surface area (Å²) in [6, 6.07) is 14.8. The van der Waals surface area contributed by atoms with Crippen LogP contribution in [0.2, 0.25) is 5.02 Å². The predicted octanol–water partition coefficient (Wildman–Crippen LogP) is 4.35. The molecule has 9 heteroatoms. The normalized spacial score (nSPS) is 11.1. The van der Waals surface area contributed by atoms with Gasteiger partial charge in [0.15, 0.2) is 0 Å². The summed E-state index contributed by atoms with van der Waals surface area (Å²) in [4.78, 5) is 12.0. The molecule has 2 N–H and O–H groups in total. The highest BCUT2D eigenvalue weighted by Crippen LogP contribution is 2.22. The summed E-state index contributed by atoms with van der Waals surface area (Å²) >= 11 is 5.63. The first-order valence-electron chi connectivity index (χ1n) is 8.36. The summed E-state index contributed by atoms with van der Waals surface area (Å²) in [7, 11) is -3.98. The van der Waals surface area contributed by atoms with Crippen molar-refractivity contribution in [1.29, 1.82) is 0 Å². The Labute approximate surface area is 171 Å². The van der Waals surface area contributed by atoms with Gasteiger partial charge in [-0.25, -0.2) is 17.2 Å². The molecule has 5 nitrogen and oxygen atoms in total. The van der Waals surface area contributed by atoms with Crippen LogP contribution in [-0.4, -0.2) is 14.3 Å². The number of carbonyl (C=O) groups excluding carboxylic acids is 1. The largest absolute Gasteiger partial charge is 0.348 e. The van der Waals surface area contributed by atoms with Crippen molar-refractivity contribution in [3.63, 3.8) is 0 Å². The summed E-state index contributed by atoms with van der Waals surface area (Å²) in [5.74, 6) is -1.58. The van der Waals surface area contributed by atoms with Gasteiger partial charge in [-0.2, -0.15) is 0 Å². The van der Waals surface area contributed by atoms with Crippen molar-refractivity contribution < 1.29 is 22.0 Å². The summed E-state index contributed by atoms with van der Waals surface area (Å²) in [6.45, 7) is 0.0191. The van der Waals surface area contributed by atoms with E-state index in [0.717, 1.165) is 18.2 Å². The SMILES string of the molecule is O=C(NCc1ccccc1F)c1ccc(NS(=O)(=O)c2ccc(F)c(Cl)c2)cc1. The lowest BCUT2D eigenvalue weighted by atomic mass is 10.1. The van der Waals surface area contributed by atoms with Gasteiger partial charge in [-0.3, -0.25) is 9.52 Å². The maximum absolute atomic E-state index is 13.6. The third-order valence-electron chi connectivity index (χ3n) is 4.00. The molecular formula is C20H15ClF2N2O3S. The lowest BCUT2D eigenvalue weighted by molar-refractivity contribution is 0.0950. The van der Waals surface area contributed by atoms with Crippen LogP contribution in [0.1, 0.15) is 15.9 Å². The highest BCUT2D eigenvalue weighted by molar-refractivity contribution is 7.92. The number of anilines is 1. The number of halogens is 3. The highest BCUT2D eigenvalue weighted by Gasteiger charge is 2.16. The van der Waals surface area contributed by atoms with Crippen molar-refractivity contribution in [2.24, 2.45) is 0 Å². The molecule has 3 aromatic carbocycles. The molecule has 0 spiro atoms. The number of benzene rings is 3. The van der Waals surface area contributed by atoms with Crippen LogP contribution in [0.4, 0.5) is 14.5 Å². The average molecular weight is 437 g/mol. The molecule has 0 unspecified atom stereocenters. The molecule has 3 rings (SSSR count). The summed E-state index contributed by atoms with van der Waals surface area (Å²) < 4.78 is 53.9. The first kappa shape index (κ1) is 20.8. The summed E-state index contributed by atoms with van der Waals surface area (Å²) in [5, 5.41) is 2.28. The fourth-order valence-electron chi connectivity index (χ4n) is 2.47. The third kappa shape index (κ3) is 5.10. The van der Waals surface area contributed by atoms with Crippen molar-refractivity contribution >= 4 is 33.2 Å². The van der Waals surface area contributed by atoms with Gasteiger partial charge in [0.1, 0.15) is 11.6 Å². The van der Waals surface area contributed by atoms with Gasteiger partial charge in [0.25, 0.3) is 15.9 Å². The summed E-state index contributed by atoms with van der Waals surface area (Å²) in [5.41, 5.74) is 0.827. The van der Waals surface area contributed by atoms with Gasteiger partial charge >= 0.3 is 0 Å². The monoisotopic (exact) mass is 436 g/mol. The molecule has 0 aromatic heterocycles. The topological polar surface area (TPSA) is 75.3 Å². The second kappa shape index (κ2) is 8.59. The number of nitrogens with one attached hydrogen (secondary N) is 2. The van der Waals surface area contributed by atoms with E-state index in [1.54, 1.807) is 18.2 Å². The van der Waals surface area contributed by atoms with Gasteiger partial charge in [0.2, 0.25) is 0 Å². The zero-order chi connectivity index (χ0) is 21.0. The molecule has 0 bridgehead atoms. The number of amides is 1. The van der Waals surface area contributed by atoms with Gasteiger partial charge < -0.3 is 5.32 Å². The van der Waals surface area contributed by atoms with E-state index in [1.807, 2.05) is 0 Å². The van der Waals surface area contributed by atoms with Gasteiger partial charge in [0, 0.05) is 23.4 Å². The molecule has 0 saturated carbocycles. The smallest absolute Gasteiger partial charge is 0.261 e. The Morgan fingerprint density at radius 3 is 2.28 bits per heavy atom. The van der Waals surface area contributed by atoms with Crippen molar-refractivity contribution in [2.75, 3.05) is 4.72 Å². The Morgan fingerprint density at radius 1 is 0.931 bits per heavy atom. The first-order chi connectivity index (χ1) is 13.8. The quantitative estimate of drug-likeness (QED) is 0.603. The Bertz CT molecular complexity index is 1150. The molecule has 0 atom stereocenters. The third-order valence-corrected chi connectivity index (χ3v) is 5.67. The maximum atomic E-state index is 13.6. The zero-order valence-corrected chi connectivity index (χ0v) is 16.4. The maximum Gasteiger partial charge on any atom is 0.261 e. The van der Waals surface area contributed by atoms with Crippen LogP contribution in [-0.2, 0) is 16.6 Å². The Hall–Kier alpha value is -2.97. The number of sulfonamides is 1. The van der Waals surface area contributed by atoms with Crippen LogP contribution in [0.3, 0.4) is 0 Å². The number of rotatable bonds is 6. The Kier molecular flexibility index (Phi) is 6.14. The van der Waals surface area contributed by atoms with Gasteiger partial charge in [-0.15, -0.1) is 0 Å². The van der Waals surface area contributed by atoms with Crippen LogP contribution in [0.25, 0.3) is 0 Å². The van der Waals surface area contributed by atoms with Crippen LogP contribution < -0.4 is 10.0 Å². The van der Waals surface area contributed by atoms with E-state index < -0.39 is 27.6 Å². The fourth-order valence-corrected chi connectivity index (χ4v) is 3.80. The fraction of sp³-hybridized carbons (Fsp3) is 0.0500. The van der Waals surface area contributed by atoms with Gasteiger partial charge in [-0.05, 0) is 48.5 Å². The van der Waals surface area contributed by atoms with Crippen molar-refractivity contribution in [3.8, 4) is 0 Å². The van der Waals surface area contributed by atoms with E-state index in [4.69, 9.17) is 11.6 Å². The number of hydrogen-bond donors (Lipinski definition) is 2. The second-order valence-corrected chi connectivity index (χ2v) is 8.12. The number of hydrogen-bond acceptors (Lipinski definition) is 3. The predicted molar refractivity (Wildman–Crippen MR) is 106 cm³/mol. The Morgan fingerprint density at radius 2 is 1.62 bits per heavy atom. The van der Waals surface area contributed by atoms with Crippen LogP contribution in [0.15, 0.2) is 71.6 Å². The average Bonchev–Trinajstić information content (AvgIpc) is 2.69. The minimum atomic E-state index is -3.98. The molecule has 3 aromatic rings. The van der Waals surface area contributed by atoms with Crippen molar-refractivity contribution in [2.45, 2.75) is 11.4 Å². The van der Waals surface area contributed by atoms with E-state index in [2.05, 4.69) is 10.0 Å². The lowest BCUT2D eigenvalue weighted by Gasteiger charge is -2.10. The molecule has 0 aliphatic carbocycles. The number of carbonyl (C=O) groups is 1. The highest BCUT2D eigenvalue weighted by atomic mass is 35.5. The standard InChI is InChI=1S/C20H15ClF2N2O3S/c21-17-11-16(9-10-19(17)23)29(27,28)25-15-7-5-13(6-8-15)20(26)24-12-14-3-1-2-4-18(14)22/h1-11,25H,12H2,(H,24,26). The van der Waals surface area contributed by atoms with E-state index >= 15 is 0 Å². The molecule has 0 aliphatic rings. The van der Waals surface area contributed by atoms with E-state index in [9.17, 15) is 22.0 Å². The Balaban J connectivity index is 1.67. The van der Waals surface area contributed by atoms with Crippen molar-refractivity contribution in [1.82, 2.24) is 5.32 Å². The van der Waals surface area contributed by atoms with E-state index in [1.165, 1.54) is 30.3 Å². The molecular weight excluding hydrogens is 422 g/mol. The molecule has 1 amide bonds. The minimum absolute atomic E-state index is 0.0191. The van der Waals surface area contributed by atoms with Crippen LogP contribution in [0, 0.1) is 11.6 Å². The second-order valence-electron chi connectivity index (χ2n) is 6.03.